The Labute approximate surface area is 253 Å². The number of hydrogen-bond acceptors (Lipinski definition) is 9. The number of nitriles is 1. The molecule has 3 rings (SSSR count). The fourth-order valence-corrected chi connectivity index (χ4v) is 4.05. The summed E-state index contributed by atoms with van der Waals surface area (Å²) < 4.78 is 62.4. The van der Waals surface area contributed by atoms with E-state index in [1.807, 2.05) is 6.07 Å². The van der Waals surface area contributed by atoms with Gasteiger partial charge in [0.05, 0.1) is 5.56 Å². The van der Waals surface area contributed by atoms with Gasteiger partial charge in [0.1, 0.15) is 40.5 Å². The van der Waals surface area contributed by atoms with Crippen molar-refractivity contribution in [1.82, 2.24) is 9.88 Å². The molecule has 1 N–H and O–H groups in total. The number of halogens is 3. The normalized spacial score (nSPS) is 20.7. The van der Waals surface area contributed by atoms with Crippen molar-refractivity contribution < 1.29 is 41.8 Å². The Morgan fingerprint density at radius 3 is 2.16 bits per heavy atom. The molecule has 44 heavy (non-hydrogen) atoms. The molecule has 11 nitrogen and oxygen atoms in total. The van der Waals surface area contributed by atoms with Crippen molar-refractivity contribution >= 4 is 29.8 Å². The van der Waals surface area contributed by atoms with Crippen molar-refractivity contribution in [2.45, 2.75) is 90.6 Å². The smallest absolute Gasteiger partial charge is 0.428 e. The highest BCUT2D eigenvalue weighted by Gasteiger charge is 2.53. The molecule has 1 aromatic carbocycles. The monoisotopic (exact) mass is 617 g/mol. The Kier molecular flexibility index (Phi) is 9.62. The number of amidine groups is 1. The van der Waals surface area contributed by atoms with Gasteiger partial charge in [0.2, 0.25) is 0 Å². The summed E-state index contributed by atoms with van der Waals surface area (Å²) in [6, 6.07) is 6.90. The van der Waals surface area contributed by atoms with Crippen molar-refractivity contribution in [2.24, 2.45) is 4.99 Å². The molecule has 0 aliphatic carbocycles. The van der Waals surface area contributed by atoms with Crippen LogP contribution in [0, 0.1) is 17.1 Å². The molecular weight excluding hydrogens is 583 g/mol. The highest BCUT2D eigenvalue weighted by molar-refractivity contribution is 6.06. The van der Waals surface area contributed by atoms with Crippen LogP contribution in [-0.2, 0) is 19.7 Å². The molecule has 0 unspecified atom stereocenters. The maximum absolute atomic E-state index is 16.1. The number of aliphatic imine (C=N–C) groups is 1. The molecule has 0 saturated carbocycles. The number of nitrogens with zero attached hydrogens (tertiary/aromatic N) is 4. The minimum Gasteiger partial charge on any atom is -0.455 e. The van der Waals surface area contributed by atoms with Crippen LogP contribution >= 0.6 is 0 Å². The summed E-state index contributed by atoms with van der Waals surface area (Å²) in [6.45, 7) is 11.3. The van der Waals surface area contributed by atoms with E-state index in [9.17, 15) is 18.8 Å². The largest absolute Gasteiger partial charge is 0.455 e. The molecule has 236 valence electrons. The summed E-state index contributed by atoms with van der Waals surface area (Å²) in [6.07, 6.45) is -7.76. The van der Waals surface area contributed by atoms with Crippen LogP contribution in [0.2, 0.25) is 0 Å². The molecule has 1 aliphatic rings. The number of ether oxygens (including phenoxy) is 3. The molecule has 1 aliphatic heterocycles. The van der Waals surface area contributed by atoms with E-state index in [1.165, 1.54) is 65.9 Å². The Morgan fingerprint density at radius 2 is 1.68 bits per heavy atom. The van der Waals surface area contributed by atoms with Gasteiger partial charge in [-0.15, -0.1) is 4.90 Å². The Bertz CT molecular complexity index is 1470. The van der Waals surface area contributed by atoms with Gasteiger partial charge in [-0.2, -0.15) is 5.26 Å². The lowest BCUT2D eigenvalue weighted by molar-refractivity contribution is -0.0400. The van der Waals surface area contributed by atoms with Gasteiger partial charge in [-0.1, -0.05) is 0 Å². The number of nitrogens with one attached hydrogen (secondary N) is 1. The Hall–Kier alpha value is -4.67. The second-order valence-corrected chi connectivity index (χ2v) is 12.2. The third-order valence-corrected chi connectivity index (χ3v) is 6.09. The number of anilines is 1. The molecule has 1 aromatic heterocycles. The van der Waals surface area contributed by atoms with Crippen molar-refractivity contribution in [2.75, 3.05) is 5.32 Å². The third kappa shape index (κ3) is 7.83. The van der Waals surface area contributed by atoms with Crippen molar-refractivity contribution in [3.63, 3.8) is 0 Å². The maximum Gasteiger partial charge on any atom is 0.428 e. The predicted octanol–water partition coefficient (Wildman–Crippen LogP) is 6.18. The first kappa shape index (κ1) is 33.8. The second kappa shape index (κ2) is 12.5. The van der Waals surface area contributed by atoms with E-state index >= 15 is 8.78 Å². The number of alkyl halides is 2. The summed E-state index contributed by atoms with van der Waals surface area (Å²) in [7, 11) is 0. The standard InChI is InChI=1S/C30H34F3N5O6/c1-16(31)22-23(33)30(8,37-25(42-22)38(26(40)43-28(2,3)4)27(41)44-29(5,6)7)19-13-18(10-11-20(19)32)36-24(39)21-12-9-17(14-34)15-35-21/h9-13,15-16,22-23H,1-8H3,(H,36,39)/t16-,22+,23-,30+/m0/s1. The zero-order valence-corrected chi connectivity index (χ0v) is 25.6. The average Bonchev–Trinajstić information content (AvgIpc) is 2.89. The Morgan fingerprint density at radius 1 is 1.09 bits per heavy atom. The van der Waals surface area contributed by atoms with E-state index in [1.54, 1.807) is 0 Å². The van der Waals surface area contributed by atoms with Gasteiger partial charge in [-0.25, -0.2) is 32.7 Å². The van der Waals surface area contributed by atoms with E-state index in [0.717, 1.165) is 26.0 Å². The summed E-state index contributed by atoms with van der Waals surface area (Å²) >= 11 is 0. The third-order valence-electron chi connectivity index (χ3n) is 6.09. The molecule has 0 saturated heterocycles. The van der Waals surface area contributed by atoms with Crippen molar-refractivity contribution in [3.8, 4) is 6.07 Å². The number of rotatable bonds is 4. The number of hydrogen-bond donors (Lipinski definition) is 1. The fraction of sp³-hybridized carbons (Fsp3) is 0.467. The van der Waals surface area contributed by atoms with Gasteiger partial charge in [-0.05, 0) is 85.7 Å². The lowest BCUT2D eigenvalue weighted by Gasteiger charge is -2.41. The molecule has 0 radical (unpaired) electrons. The zero-order valence-electron chi connectivity index (χ0n) is 25.6. The summed E-state index contributed by atoms with van der Waals surface area (Å²) in [4.78, 5) is 47.5. The number of pyridine rings is 1. The molecule has 2 heterocycles. The number of amides is 3. The van der Waals surface area contributed by atoms with E-state index < -0.39 is 70.7 Å². The van der Waals surface area contributed by atoms with Crippen LogP contribution in [-0.4, -0.2) is 63.6 Å². The summed E-state index contributed by atoms with van der Waals surface area (Å²) in [5.41, 5.74) is -4.82. The summed E-state index contributed by atoms with van der Waals surface area (Å²) in [5, 5.41) is 11.4. The molecule has 2 aromatic rings. The highest BCUT2D eigenvalue weighted by atomic mass is 19.1. The van der Waals surface area contributed by atoms with E-state index in [-0.39, 0.29) is 21.8 Å². The van der Waals surface area contributed by atoms with Crippen LogP contribution < -0.4 is 5.32 Å². The van der Waals surface area contributed by atoms with Crippen LogP contribution in [0.5, 0.6) is 0 Å². The molecule has 4 atom stereocenters. The first-order valence-electron chi connectivity index (χ1n) is 13.5. The number of benzene rings is 1. The number of carbonyl (C=O) groups excluding carboxylic acids is 3. The Balaban J connectivity index is 2.13. The molecule has 14 heteroatoms. The molecule has 0 spiro atoms. The lowest BCUT2D eigenvalue weighted by Crippen LogP contribution is -2.57. The van der Waals surface area contributed by atoms with Crippen LogP contribution in [0.3, 0.4) is 0 Å². The van der Waals surface area contributed by atoms with Gasteiger partial charge >= 0.3 is 18.2 Å². The molecule has 0 bridgehead atoms. The maximum atomic E-state index is 16.1. The molecule has 3 amide bonds. The number of carbonyl (C=O) groups is 3. The van der Waals surface area contributed by atoms with Gasteiger partial charge in [-0.3, -0.25) is 4.79 Å². The van der Waals surface area contributed by atoms with E-state index in [4.69, 9.17) is 19.5 Å². The molecule has 0 fully saturated rings. The highest BCUT2D eigenvalue weighted by Crippen LogP contribution is 2.41. The van der Waals surface area contributed by atoms with Crippen LogP contribution in [0.15, 0.2) is 41.5 Å². The van der Waals surface area contributed by atoms with Gasteiger partial charge < -0.3 is 19.5 Å². The van der Waals surface area contributed by atoms with Crippen molar-refractivity contribution in [3.05, 3.63) is 59.2 Å². The first-order valence-corrected chi connectivity index (χ1v) is 13.5. The van der Waals surface area contributed by atoms with E-state index in [2.05, 4.69) is 15.3 Å². The SMILES string of the molecule is C[C@H](F)[C@H]1OC(N(C(=O)OC(C)(C)C)C(=O)OC(C)(C)C)=N[C@](C)(c2cc(NC(=O)c3ccc(C#N)cn3)ccc2F)[C@H]1F. The first-order chi connectivity index (χ1) is 20.3. The van der Waals surface area contributed by atoms with Crippen molar-refractivity contribution in [1.29, 1.82) is 5.26 Å². The topological polar surface area (TPSA) is 143 Å². The van der Waals surface area contributed by atoms with Crippen LogP contribution in [0.1, 0.15) is 77.0 Å². The quantitative estimate of drug-likeness (QED) is 0.428. The van der Waals surface area contributed by atoms with Crippen LogP contribution in [0.4, 0.5) is 28.4 Å². The minimum absolute atomic E-state index is 0.00443. The summed E-state index contributed by atoms with van der Waals surface area (Å²) in [5.74, 6) is -1.71. The van der Waals surface area contributed by atoms with E-state index in [0.29, 0.717) is 0 Å². The number of aromatic nitrogens is 1. The van der Waals surface area contributed by atoms with Gasteiger partial charge in [0, 0.05) is 17.4 Å². The molecular formula is C30H34F3N5O6. The minimum atomic E-state index is -2.34. The van der Waals surface area contributed by atoms with Gasteiger partial charge in [0.15, 0.2) is 12.3 Å². The van der Waals surface area contributed by atoms with Crippen LogP contribution in [0.25, 0.3) is 0 Å². The zero-order chi connectivity index (χ0) is 33.2. The average molecular weight is 618 g/mol. The van der Waals surface area contributed by atoms with Gasteiger partial charge in [0.25, 0.3) is 5.91 Å². The lowest BCUT2D eigenvalue weighted by atomic mass is 9.82. The predicted molar refractivity (Wildman–Crippen MR) is 153 cm³/mol. The fourth-order valence-electron chi connectivity index (χ4n) is 4.05. The number of imide groups is 1. The second-order valence-electron chi connectivity index (χ2n) is 12.2.